The van der Waals surface area contributed by atoms with E-state index in [0.29, 0.717) is 12.3 Å². The van der Waals surface area contributed by atoms with E-state index >= 15 is 0 Å². The molecule has 2 amide bonds. The average molecular weight is 309 g/mol. The van der Waals surface area contributed by atoms with Crippen molar-refractivity contribution >= 4 is 6.03 Å². The maximum absolute atomic E-state index is 11.7. The molecule has 0 aromatic heterocycles. The minimum atomic E-state index is -0.452. The molecule has 0 aliphatic rings. The van der Waals surface area contributed by atoms with Crippen LogP contribution in [-0.2, 0) is 0 Å². The van der Waals surface area contributed by atoms with Crippen LogP contribution in [0.25, 0.3) is 0 Å². The largest absolute Gasteiger partial charge is 0.508 e. The first kappa shape index (κ1) is 18.1. The van der Waals surface area contributed by atoms with E-state index in [2.05, 4.69) is 29.4 Å². The Balaban J connectivity index is 2.19. The van der Waals surface area contributed by atoms with Crippen molar-refractivity contribution in [3.05, 3.63) is 24.3 Å². The van der Waals surface area contributed by atoms with Gasteiger partial charge in [0.2, 0.25) is 0 Å². The molecule has 0 aliphatic heterocycles. The Labute approximate surface area is 132 Å². The summed E-state index contributed by atoms with van der Waals surface area (Å²) in [6.07, 6.45) is 0.467. The first-order valence-electron chi connectivity index (χ1n) is 7.77. The summed E-state index contributed by atoms with van der Waals surface area (Å²) in [6.45, 7) is 9.68. The van der Waals surface area contributed by atoms with Crippen LogP contribution < -0.4 is 15.4 Å². The molecule has 0 bridgehead atoms. The zero-order valence-electron chi connectivity index (χ0n) is 13.6. The molecule has 1 aromatic rings. The number of carbonyl (C=O) groups excluding carboxylic acids is 1. The fourth-order valence-corrected chi connectivity index (χ4v) is 2.04. The number of hydrogen-bond donors (Lipinski definition) is 3. The Morgan fingerprint density at radius 2 is 1.91 bits per heavy atom. The summed E-state index contributed by atoms with van der Waals surface area (Å²) in [6, 6.07) is 6.13. The number of nitrogens with zero attached hydrogens (tertiary/aromatic N) is 1. The normalized spacial score (nSPS) is 12.0. The number of aromatic hydroxyl groups is 1. The smallest absolute Gasteiger partial charge is 0.317 e. The first-order chi connectivity index (χ1) is 10.5. The Hall–Kier alpha value is -1.95. The Kier molecular flexibility index (Phi) is 8.14. The lowest BCUT2D eigenvalue weighted by atomic mass is 10.3. The predicted molar refractivity (Wildman–Crippen MR) is 87.1 cm³/mol. The number of nitrogens with one attached hydrogen (secondary N) is 2. The summed E-state index contributed by atoms with van der Waals surface area (Å²) in [5.74, 6) is 0.769. The fraction of sp³-hybridized carbons (Fsp3) is 0.562. The summed E-state index contributed by atoms with van der Waals surface area (Å²) in [7, 11) is 0. The zero-order valence-corrected chi connectivity index (χ0v) is 13.6. The molecule has 1 unspecified atom stereocenters. The van der Waals surface area contributed by atoms with E-state index in [1.165, 1.54) is 12.1 Å². The first-order valence-corrected chi connectivity index (χ1v) is 7.77. The van der Waals surface area contributed by atoms with Crippen LogP contribution >= 0.6 is 0 Å². The highest BCUT2D eigenvalue weighted by Gasteiger charge is 2.08. The maximum Gasteiger partial charge on any atom is 0.317 e. The van der Waals surface area contributed by atoms with E-state index in [1.807, 2.05) is 0 Å². The number of carbonyl (C=O) groups is 1. The Morgan fingerprint density at radius 1 is 1.27 bits per heavy atom. The second kappa shape index (κ2) is 9.89. The van der Waals surface area contributed by atoms with Crippen LogP contribution in [0.2, 0.25) is 0 Å². The number of urea groups is 1. The summed E-state index contributed by atoms with van der Waals surface area (Å²) in [5, 5.41) is 14.7. The molecule has 3 N–H and O–H groups in total. The van der Waals surface area contributed by atoms with Gasteiger partial charge in [-0.2, -0.15) is 0 Å². The molecular formula is C16H27N3O3. The minimum Gasteiger partial charge on any atom is -0.508 e. The van der Waals surface area contributed by atoms with Crippen LogP contribution in [0.15, 0.2) is 24.3 Å². The van der Waals surface area contributed by atoms with Crippen molar-refractivity contribution in [2.24, 2.45) is 0 Å². The van der Waals surface area contributed by atoms with Gasteiger partial charge in [-0.05, 0) is 57.2 Å². The lowest BCUT2D eigenvalue weighted by Crippen LogP contribution is -2.44. The van der Waals surface area contributed by atoms with Gasteiger partial charge in [0, 0.05) is 6.54 Å². The molecule has 6 nitrogen and oxygen atoms in total. The van der Waals surface area contributed by atoms with Gasteiger partial charge in [0.05, 0.1) is 0 Å². The van der Waals surface area contributed by atoms with Crippen LogP contribution in [-0.4, -0.2) is 48.4 Å². The lowest BCUT2D eigenvalue weighted by Gasteiger charge is -2.19. The molecule has 1 atom stereocenters. The van der Waals surface area contributed by atoms with Crippen molar-refractivity contribution in [1.29, 1.82) is 0 Å². The van der Waals surface area contributed by atoms with Crippen molar-refractivity contribution < 1.29 is 14.6 Å². The quantitative estimate of drug-likeness (QED) is 0.483. The maximum atomic E-state index is 11.7. The number of amides is 2. The van der Waals surface area contributed by atoms with E-state index < -0.39 is 6.23 Å². The third-order valence-electron chi connectivity index (χ3n) is 3.32. The third kappa shape index (κ3) is 7.17. The van der Waals surface area contributed by atoms with Gasteiger partial charge in [-0.15, -0.1) is 0 Å². The highest BCUT2D eigenvalue weighted by Crippen LogP contribution is 2.16. The second-order valence-electron chi connectivity index (χ2n) is 5.03. The summed E-state index contributed by atoms with van der Waals surface area (Å²) in [4.78, 5) is 14.0. The van der Waals surface area contributed by atoms with Crippen molar-refractivity contribution in [2.75, 3.05) is 26.2 Å². The van der Waals surface area contributed by atoms with Crippen LogP contribution in [0.1, 0.15) is 27.2 Å². The molecule has 0 fully saturated rings. The molecule has 0 radical (unpaired) electrons. The van der Waals surface area contributed by atoms with Crippen LogP contribution in [0.3, 0.4) is 0 Å². The van der Waals surface area contributed by atoms with Crippen molar-refractivity contribution in [2.45, 2.75) is 33.4 Å². The van der Waals surface area contributed by atoms with Gasteiger partial charge in [-0.1, -0.05) is 13.8 Å². The topological polar surface area (TPSA) is 73.8 Å². The molecule has 0 spiro atoms. The summed E-state index contributed by atoms with van der Waals surface area (Å²) >= 11 is 0. The molecule has 0 heterocycles. The highest BCUT2D eigenvalue weighted by atomic mass is 16.5. The Morgan fingerprint density at radius 3 is 2.50 bits per heavy atom. The molecule has 6 heteroatoms. The van der Waals surface area contributed by atoms with Crippen molar-refractivity contribution in [3.63, 3.8) is 0 Å². The van der Waals surface area contributed by atoms with Crippen LogP contribution in [0, 0.1) is 0 Å². The number of rotatable bonds is 9. The van der Waals surface area contributed by atoms with E-state index in [4.69, 9.17) is 4.74 Å². The number of ether oxygens (including phenoxy) is 1. The number of hydrogen-bond acceptors (Lipinski definition) is 4. The molecule has 1 aromatic carbocycles. The predicted octanol–water partition coefficient (Wildman–Crippen LogP) is 2.15. The van der Waals surface area contributed by atoms with E-state index in [0.717, 1.165) is 26.1 Å². The molecular weight excluding hydrogens is 282 g/mol. The van der Waals surface area contributed by atoms with Gasteiger partial charge in [-0.3, -0.25) is 0 Å². The number of benzene rings is 1. The molecule has 0 aliphatic carbocycles. The van der Waals surface area contributed by atoms with Gasteiger partial charge in [-0.25, -0.2) is 4.79 Å². The minimum absolute atomic E-state index is 0.180. The number of phenolic OH excluding ortho intramolecular Hbond substituents is 1. The lowest BCUT2D eigenvalue weighted by molar-refractivity contribution is 0.176. The summed E-state index contributed by atoms with van der Waals surface area (Å²) < 4.78 is 5.53. The van der Waals surface area contributed by atoms with Gasteiger partial charge in [0.25, 0.3) is 0 Å². The second-order valence-corrected chi connectivity index (χ2v) is 5.03. The monoisotopic (exact) mass is 309 g/mol. The van der Waals surface area contributed by atoms with Crippen molar-refractivity contribution in [1.82, 2.24) is 15.5 Å². The molecule has 124 valence electrons. The van der Waals surface area contributed by atoms with Crippen molar-refractivity contribution in [3.8, 4) is 11.5 Å². The SMILES string of the molecule is CCN(CC)CCCNC(=O)NC(C)Oc1ccc(O)cc1. The third-order valence-corrected chi connectivity index (χ3v) is 3.32. The standard InChI is InChI=1S/C16H27N3O3/c1-4-19(5-2)12-6-11-17-16(21)18-13(3)22-15-9-7-14(20)8-10-15/h7-10,13,20H,4-6,11-12H2,1-3H3,(H2,17,18,21). The molecule has 0 saturated heterocycles. The van der Waals surface area contributed by atoms with Crippen LogP contribution in [0.5, 0.6) is 11.5 Å². The van der Waals surface area contributed by atoms with Crippen LogP contribution in [0.4, 0.5) is 4.79 Å². The van der Waals surface area contributed by atoms with E-state index in [9.17, 15) is 9.90 Å². The summed E-state index contributed by atoms with van der Waals surface area (Å²) in [5.41, 5.74) is 0. The molecule has 0 saturated carbocycles. The fourth-order valence-electron chi connectivity index (χ4n) is 2.04. The molecule has 22 heavy (non-hydrogen) atoms. The van der Waals surface area contributed by atoms with Gasteiger partial charge < -0.3 is 25.4 Å². The average Bonchev–Trinajstić information content (AvgIpc) is 2.49. The highest BCUT2D eigenvalue weighted by molar-refractivity contribution is 5.73. The van der Waals surface area contributed by atoms with Gasteiger partial charge in [0.15, 0.2) is 6.23 Å². The van der Waals surface area contributed by atoms with E-state index in [1.54, 1.807) is 19.1 Å². The molecule has 1 rings (SSSR count). The van der Waals surface area contributed by atoms with E-state index in [-0.39, 0.29) is 11.8 Å². The van der Waals surface area contributed by atoms with Gasteiger partial charge >= 0.3 is 6.03 Å². The zero-order chi connectivity index (χ0) is 16.4. The Bertz CT molecular complexity index is 433. The van der Waals surface area contributed by atoms with Gasteiger partial charge in [0.1, 0.15) is 11.5 Å². The number of phenols is 1.